The van der Waals surface area contributed by atoms with Crippen molar-refractivity contribution in [2.75, 3.05) is 5.75 Å². The Morgan fingerprint density at radius 2 is 2.29 bits per heavy atom. The van der Waals surface area contributed by atoms with Crippen LogP contribution in [-0.2, 0) is 7.05 Å². The van der Waals surface area contributed by atoms with E-state index in [2.05, 4.69) is 21.0 Å². The third-order valence-corrected chi connectivity index (χ3v) is 3.75. The van der Waals surface area contributed by atoms with Crippen molar-refractivity contribution in [2.24, 2.45) is 7.05 Å². The molecule has 1 aromatic rings. The molecule has 80 valence electrons. The summed E-state index contributed by atoms with van der Waals surface area (Å²) in [6.07, 6.45) is -0.962. The van der Waals surface area contributed by atoms with Gasteiger partial charge in [0.1, 0.15) is 4.83 Å². The first kappa shape index (κ1) is 11.9. The Labute approximate surface area is 92.0 Å². The first-order valence-corrected chi connectivity index (χ1v) is 5.62. The fraction of sp³-hybridized carbons (Fsp3) is 0.571. The Balaban J connectivity index is 2.41. The smallest absolute Gasteiger partial charge is 0.275 e. The molecule has 0 aromatic carbocycles. The lowest BCUT2D eigenvalue weighted by Crippen LogP contribution is -2.24. The summed E-state index contributed by atoms with van der Waals surface area (Å²) in [6, 6.07) is 0. The molecule has 0 aliphatic heterocycles. The van der Waals surface area contributed by atoms with E-state index in [9.17, 15) is 13.2 Å². The van der Waals surface area contributed by atoms with Gasteiger partial charge in [0.05, 0.1) is 6.20 Å². The summed E-state index contributed by atoms with van der Waals surface area (Å²) in [4.78, 5) is -0.735. The van der Waals surface area contributed by atoms with Gasteiger partial charge >= 0.3 is 6.18 Å². The highest BCUT2D eigenvalue weighted by Crippen LogP contribution is 2.31. The van der Waals surface area contributed by atoms with E-state index in [0.29, 0.717) is 0 Å². The summed E-state index contributed by atoms with van der Waals surface area (Å²) in [5, 5.41) is 3.86. The quantitative estimate of drug-likeness (QED) is 0.629. The molecular weight excluding hydrogens is 281 g/mol. The molecule has 0 radical (unpaired) electrons. The van der Waals surface area contributed by atoms with Crippen molar-refractivity contribution < 1.29 is 13.2 Å². The van der Waals surface area contributed by atoms with Crippen molar-refractivity contribution in [2.45, 2.75) is 15.9 Å². The van der Waals surface area contributed by atoms with Gasteiger partial charge in [0, 0.05) is 23.9 Å². The molecule has 0 spiro atoms. The lowest BCUT2D eigenvalue weighted by Gasteiger charge is -2.12. The van der Waals surface area contributed by atoms with Crippen molar-refractivity contribution in [1.82, 2.24) is 9.78 Å². The second kappa shape index (κ2) is 4.57. The van der Waals surface area contributed by atoms with Gasteiger partial charge in [-0.3, -0.25) is 4.68 Å². The Morgan fingerprint density at radius 1 is 1.64 bits per heavy atom. The number of aromatic nitrogens is 2. The molecule has 0 amide bonds. The van der Waals surface area contributed by atoms with Gasteiger partial charge in [0.15, 0.2) is 0 Å². The summed E-state index contributed by atoms with van der Waals surface area (Å²) >= 11 is 3.72. The van der Waals surface area contributed by atoms with Crippen molar-refractivity contribution in [3.63, 3.8) is 0 Å². The molecule has 0 aliphatic rings. The molecule has 14 heavy (non-hydrogen) atoms. The van der Waals surface area contributed by atoms with E-state index in [0.717, 1.165) is 16.7 Å². The van der Waals surface area contributed by atoms with Crippen LogP contribution >= 0.6 is 27.7 Å². The van der Waals surface area contributed by atoms with Crippen LogP contribution in [0.1, 0.15) is 0 Å². The second-order valence-electron chi connectivity index (χ2n) is 2.67. The number of nitrogens with zero attached hydrogens (tertiary/aromatic N) is 2. The highest BCUT2D eigenvalue weighted by molar-refractivity contribution is 9.09. The molecule has 1 atom stereocenters. The maximum atomic E-state index is 12.1. The van der Waals surface area contributed by atoms with E-state index >= 15 is 0 Å². The topological polar surface area (TPSA) is 17.8 Å². The Hall–Kier alpha value is -0.170. The minimum absolute atomic E-state index is 0.0464. The number of alkyl halides is 4. The number of halogens is 4. The number of thioether (sulfide) groups is 1. The van der Waals surface area contributed by atoms with Gasteiger partial charge < -0.3 is 0 Å². The van der Waals surface area contributed by atoms with E-state index in [4.69, 9.17) is 0 Å². The van der Waals surface area contributed by atoms with E-state index in [-0.39, 0.29) is 5.75 Å². The van der Waals surface area contributed by atoms with Crippen LogP contribution in [0.2, 0.25) is 0 Å². The van der Waals surface area contributed by atoms with Crippen LogP contribution in [0.4, 0.5) is 13.2 Å². The van der Waals surface area contributed by atoms with Gasteiger partial charge in [-0.05, 0) is 0 Å². The van der Waals surface area contributed by atoms with Gasteiger partial charge in [-0.2, -0.15) is 18.3 Å². The molecule has 0 saturated heterocycles. The number of hydrogen-bond donors (Lipinski definition) is 0. The summed E-state index contributed by atoms with van der Waals surface area (Å²) in [6.45, 7) is 0. The first-order valence-electron chi connectivity index (χ1n) is 3.72. The van der Waals surface area contributed by atoms with Gasteiger partial charge in [0.2, 0.25) is 0 Å². The van der Waals surface area contributed by atoms with Gasteiger partial charge in [-0.15, -0.1) is 11.8 Å². The second-order valence-corrected chi connectivity index (χ2v) is 4.87. The van der Waals surface area contributed by atoms with Crippen LogP contribution in [0.5, 0.6) is 0 Å². The number of hydrogen-bond acceptors (Lipinski definition) is 2. The van der Waals surface area contributed by atoms with Gasteiger partial charge in [0.25, 0.3) is 0 Å². The Bertz CT molecular complexity index is 299. The summed E-state index contributed by atoms with van der Waals surface area (Å²) < 4.78 is 37.8. The fourth-order valence-corrected chi connectivity index (χ4v) is 2.01. The SMILES string of the molecule is Cn1cc(SCC(Br)C(F)(F)F)cn1. The Kier molecular flexibility index (Phi) is 3.88. The predicted octanol–water partition coefficient (Wildman–Crippen LogP) is 2.84. The van der Waals surface area contributed by atoms with Crippen LogP contribution in [0.25, 0.3) is 0 Å². The van der Waals surface area contributed by atoms with Crippen LogP contribution in [0.3, 0.4) is 0 Å². The van der Waals surface area contributed by atoms with Gasteiger partial charge in [-0.25, -0.2) is 0 Å². The van der Waals surface area contributed by atoms with Crippen molar-refractivity contribution in [3.05, 3.63) is 12.4 Å². The molecule has 1 unspecified atom stereocenters. The molecule has 1 aromatic heterocycles. The van der Waals surface area contributed by atoms with Crippen LogP contribution in [-0.4, -0.2) is 26.5 Å². The third kappa shape index (κ3) is 3.53. The zero-order valence-corrected chi connectivity index (χ0v) is 9.66. The average molecular weight is 289 g/mol. The first-order chi connectivity index (χ1) is 6.39. The molecule has 2 nitrogen and oxygen atoms in total. The third-order valence-electron chi connectivity index (χ3n) is 1.43. The predicted molar refractivity (Wildman–Crippen MR) is 52.7 cm³/mol. The van der Waals surface area contributed by atoms with E-state index in [1.54, 1.807) is 24.1 Å². The molecule has 0 aliphatic carbocycles. The van der Waals surface area contributed by atoms with E-state index < -0.39 is 11.0 Å². The molecule has 0 N–H and O–H groups in total. The minimum atomic E-state index is -4.19. The van der Waals surface area contributed by atoms with Gasteiger partial charge in [-0.1, -0.05) is 15.9 Å². The lowest BCUT2D eigenvalue weighted by molar-refractivity contribution is -0.122. The molecule has 7 heteroatoms. The number of rotatable bonds is 3. The summed E-state index contributed by atoms with van der Waals surface area (Å²) in [5.41, 5.74) is 0. The standard InChI is InChI=1S/C7H8BrF3N2S/c1-13-3-5(2-12-13)14-4-6(8)7(9,10)11/h2-3,6H,4H2,1H3. The monoisotopic (exact) mass is 288 g/mol. The average Bonchev–Trinajstić information content (AvgIpc) is 2.45. The van der Waals surface area contributed by atoms with Crippen molar-refractivity contribution >= 4 is 27.7 Å². The van der Waals surface area contributed by atoms with E-state index in [1.165, 1.54) is 0 Å². The normalized spacial score (nSPS) is 14.4. The van der Waals surface area contributed by atoms with E-state index in [1.807, 2.05) is 0 Å². The highest BCUT2D eigenvalue weighted by atomic mass is 79.9. The van der Waals surface area contributed by atoms with Crippen molar-refractivity contribution in [3.8, 4) is 0 Å². The zero-order valence-electron chi connectivity index (χ0n) is 7.25. The lowest BCUT2D eigenvalue weighted by atomic mass is 10.5. The van der Waals surface area contributed by atoms with Crippen LogP contribution in [0.15, 0.2) is 17.3 Å². The van der Waals surface area contributed by atoms with Crippen LogP contribution < -0.4 is 0 Å². The molecule has 1 rings (SSSR count). The fourth-order valence-electron chi connectivity index (χ4n) is 0.737. The highest BCUT2D eigenvalue weighted by Gasteiger charge is 2.37. The van der Waals surface area contributed by atoms with Crippen LogP contribution in [0, 0.1) is 0 Å². The zero-order chi connectivity index (χ0) is 10.8. The summed E-state index contributed by atoms with van der Waals surface area (Å²) in [7, 11) is 1.72. The number of aryl methyl sites for hydroxylation is 1. The molecule has 1 heterocycles. The maximum absolute atomic E-state index is 12.1. The Morgan fingerprint density at radius 3 is 2.71 bits per heavy atom. The minimum Gasteiger partial charge on any atom is -0.275 e. The summed E-state index contributed by atoms with van der Waals surface area (Å²) in [5.74, 6) is -0.0464. The van der Waals surface area contributed by atoms with Crippen molar-refractivity contribution in [1.29, 1.82) is 0 Å². The maximum Gasteiger partial charge on any atom is 0.402 e. The molecular formula is C7H8BrF3N2S. The molecule has 0 saturated carbocycles. The molecule has 0 bridgehead atoms. The molecule has 0 fully saturated rings. The largest absolute Gasteiger partial charge is 0.402 e.